The summed E-state index contributed by atoms with van der Waals surface area (Å²) in [6.45, 7) is 4.16. The number of aromatic nitrogens is 4. The van der Waals surface area contributed by atoms with Crippen LogP contribution in [-0.4, -0.2) is 37.1 Å². The number of benzene rings is 1. The van der Waals surface area contributed by atoms with Crippen LogP contribution in [0.5, 0.6) is 0 Å². The number of carbonyl (C=O) groups excluding carboxylic acids is 1. The second kappa shape index (κ2) is 6.32. The Morgan fingerprint density at radius 1 is 1.25 bits per heavy atom. The molecule has 0 saturated heterocycles. The Bertz CT molecular complexity index is 851. The lowest BCUT2D eigenvalue weighted by molar-refractivity contribution is -0.132. The van der Waals surface area contributed by atoms with Gasteiger partial charge in [-0.05, 0) is 12.1 Å². The number of carbonyl (C=O) groups is 1. The highest BCUT2D eigenvalue weighted by molar-refractivity contribution is 7.18. The van der Waals surface area contributed by atoms with E-state index >= 15 is 0 Å². The molecule has 7 heteroatoms. The van der Waals surface area contributed by atoms with Gasteiger partial charge in [-0.1, -0.05) is 19.1 Å². The molecule has 0 atom stereocenters. The maximum atomic E-state index is 12.5. The van der Waals surface area contributed by atoms with Gasteiger partial charge in [0, 0.05) is 32.4 Å². The van der Waals surface area contributed by atoms with Gasteiger partial charge in [0.05, 0.1) is 21.8 Å². The van der Waals surface area contributed by atoms with E-state index in [2.05, 4.69) is 32.7 Å². The lowest BCUT2D eigenvalue weighted by Gasteiger charge is -2.27. The monoisotopic (exact) mass is 341 g/mol. The molecule has 3 aromatic rings. The number of nitrogens with zero attached hydrogens (tertiary/aromatic N) is 5. The molecule has 0 N–H and O–H groups in total. The fourth-order valence-electron chi connectivity index (χ4n) is 3.09. The first-order chi connectivity index (χ1) is 11.7. The minimum atomic E-state index is 0.168. The smallest absolute Gasteiger partial charge is 0.223 e. The highest BCUT2D eigenvalue weighted by Crippen LogP contribution is 2.23. The molecule has 4 rings (SSSR count). The summed E-state index contributed by atoms with van der Waals surface area (Å²) >= 11 is 1.67. The van der Waals surface area contributed by atoms with Gasteiger partial charge in [0.2, 0.25) is 5.91 Å². The third kappa shape index (κ3) is 2.80. The molecule has 0 saturated carbocycles. The van der Waals surface area contributed by atoms with Crippen LogP contribution >= 0.6 is 11.3 Å². The molecule has 1 aromatic carbocycles. The minimum Gasteiger partial charge on any atom is -0.333 e. The predicted molar refractivity (Wildman–Crippen MR) is 92.8 cm³/mol. The van der Waals surface area contributed by atoms with Crippen molar-refractivity contribution in [2.75, 3.05) is 6.54 Å². The number of hydrogen-bond acceptors (Lipinski definition) is 5. The number of para-hydroxylation sites is 1. The molecular formula is C17H19N5OS. The fourth-order valence-corrected chi connectivity index (χ4v) is 4.06. The molecule has 0 bridgehead atoms. The van der Waals surface area contributed by atoms with E-state index in [9.17, 15) is 4.79 Å². The van der Waals surface area contributed by atoms with Crippen LogP contribution in [0.15, 0.2) is 24.3 Å². The van der Waals surface area contributed by atoms with Gasteiger partial charge in [0.25, 0.3) is 0 Å². The summed E-state index contributed by atoms with van der Waals surface area (Å²) in [7, 11) is 0. The second-order valence-corrected chi connectivity index (χ2v) is 7.04. The zero-order valence-corrected chi connectivity index (χ0v) is 14.4. The summed E-state index contributed by atoms with van der Waals surface area (Å²) in [6, 6.07) is 8.09. The molecule has 2 aromatic heterocycles. The van der Waals surface area contributed by atoms with E-state index in [1.807, 2.05) is 23.1 Å². The largest absolute Gasteiger partial charge is 0.333 e. The van der Waals surface area contributed by atoms with Crippen LogP contribution in [0.25, 0.3) is 10.2 Å². The Kier molecular flexibility index (Phi) is 4.02. The number of hydrogen-bond donors (Lipinski definition) is 0. The third-order valence-electron chi connectivity index (χ3n) is 4.39. The Morgan fingerprint density at radius 3 is 2.96 bits per heavy atom. The van der Waals surface area contributed by atoms with E-state index in [1.165, 1.54) is 4.70 Å². The first-order valence-electron chi connectivity index (χ1n) is 8.27. The zero-order valence-electron chi connectivity index (χ0n) is 13.6. The van der Waals surface area contributed by atoms with Gasteiger partial charge in [-0.2, -0.15) is 0 Å². The van der Waals surface area contributed by atoms with Crippen LogP contribution in [-0.2, 0) is 30.7 Å². The van der Waals surface area contributed by atoms with Crippen molar-refractivity contribution in [1.29, 1.82) is 0 Å². The highest BCUT2D eigenvalue weighted by atomic mass is 32.1. The van der Waals surface area contributed by atoms with Crippen LogP contribution in [0.2, 0.25) is 0 Å². The van der Waals surface area contributed by atoms with E-state index in [4.69, 9.17) is 0 Å². The van der Waals surface area contributed by atoms with E-state index in [-0.39, 0.29) is 5.91 Å². The molecule has 6 nitrogen and oxygen atoms in total. The quantitative estimate of drug-likeness (QED) is 0.731. The van der Waals surface area contributed by atoms with Crippen molar-refractivity contribution < 1.29 is 4.79 Å². The van der Waals surface area contributed by atoms with Crippen LogP contribution in [0.4, 0.5) is 0 Å². The molecule has 0 fully saturated rings. The average Bonchev–Trinajstić information content (AvgIpc) is 3.22. The first-order valence-corrected chi connectivity index (χ1v) is 9.09. The number of fused-ring (bicyclic) bond motifs is 2. The van der Waals surface area contributed by atoms with Gasteiger partial charge in [-0.25, -0.2) is 4.98 Å². The lowest BCUT2D eigenvalue weighted by Crippen LogP contribution is -2.38. The predicted octanol–water partition coefficient (Wildman–Crippen LogP) is 2.43. The highest BCUT2D eigenvalue weighted by Gasteiger charge is 2.23. The van der Waals surface area contributed by atoms with Gasteiger partial charge in [-0.15, -0.1) is 21.5 Å². The Morgan fingerprint density at radius 2 is 2.12 bits per heavy atom. The third-order valence-corrected chi connectivity index (χ3v) is 5.49. The summed E-state index contributed by atoms with van der Waals surface area (Å²) in [5.41, 5.74) is 1.02. The van der Waals surface area contributed by atoms with Gasteiger partial charge >= 0.3 is 0 Å². The van der Waals surface area contributed by atoms with E-state index < -0.39 is 0 Å². The van der Waals surface area contributed by atoms with Crippen molar-refractivity contribution in [1.82, 2.24) is 24.6 Å². The zero-order chi connectivity index (χ0) is 16.5. The lowest BCUT2D eigenvalue weighted by atomic mass is 10.2. The van der Waals surface area contributed by atoms with Crippen molar-refractivity contribution in [2.24, 2.45) is 0 Å². The van der Waals surface area contributed by atoms with Gasteiger partial charge in [0.15, 0.2) is 5.82 Å². The van der Waals surface area contributed by atoms with E-state index in [0.717, 1.165) is 41.7 Å². The molecule has 1 aliphatic rings. The van der Waals surface area contributed by atoms with Gasteiger partial charge in [0.1, 0.15) is 5.82 Å². The van der Waals surface area contributed by atoms with Crippen molar-refractivity contribution in [3.8, 4) is 0 Å². The molecule has 0 unspecified atom stereocenters. The normalized spacial score (nSPS) is 14.1. The SMILES string of the molecule is CCc1nnc2n1CCN(C(=O)CCc1nc3ccccc3s1)C2. The Balaban J connectivity index is 1.39. The minimum absolute atomic E-state index is 0.168. The van der Waals surface area contributed by atoms with Crippen LogP contribution < -0.4 is 0 Å². The standard InChI is InChI=1S/C17H19N5OS/c1-2-14-19-20-15-11-21(9-10-22(14)15)17(23)8-7-16-18-12-5-3-4-6-13(12)24-16/h3-6H,2,7-11H2,1H3. The second-order valence-electron chi connectivity index (χ2n) is 5.93. The molecule has 1 amide bonds. The van der Waals surface area contributed by atoms with Crippen molar-refractivity contribution >= 4 is 27.5 Å². The van der Waals surface area contributed by atoms with Crippen molar-refractivity contribution in [2.45, 2.75) is 39.3 Å². The maximum Gasteiger partial charge on any atom is 0.223 e. The van der Waals surface area contributed by atoms with Gasteiger partial charge in [-0.3, -0.25) is 4.79 Å². The maximum absolute atomic E-state index is 12.5. The van der Waals surface area contributed by atoms with Crippen LogP contribution in [0.1, 0.15) is 30.0 Å². The molecule has 0 spiro atoms. The van der Waals surface area contributed by atoms with Crippen molar-refractivity contribution in [3.63, 3.8) is 0 Å². The first kappa shape index (κ1) is 15.3. The molecule has 0 aliphatic carbocycles. The van der Waals surface area contributed by atoms with E-state index in [0.29, 0.717) is 19.4 Å². The molecule has 124 valence electrons. The van der Waals surface area contributed by atoms with Crippen LogP contribution in [0, 0.1) is 0 Å². The topological polar surface area (TPSA) is 63.9 Å². The molecule has 1 aliphatic heterocycles. The number of aryl methyl sites for hydroxylation is 2. The molecule has 24 heavy (non-hydrogen) atoms. The summed E-state index contributed by atoms with van der Waals surface area (Å²) in [5, 5.41) is 9.44. The number of amides is 1. The van der Waals surface area contributed by atoms with Crippen molar-refractivity contribution in [3.05, 3.63) is 40.9 Å². The number of thiazole rings is 1. The molecule has 3 heterocycles. The summed E-state index contributed by atoms with van der Waals surface area (Å²) < 4.78 is 3.32. The summed E-state index contributed by atoms with van der Waals surface area (Å²) in [5.74, 6) is 2.07. The fraction of sp³-hybridized carbons (Fsp3) is 0.412. The summed E-state index contributed by atoms with van der Waals surface area (Å²) in [6.07, 6.45) is 2.06. The van der Waals surface area contributed by atoms with E-state index in [1.54, 1.807) is 11.3 Å². The molecular weight excluding hydrogens is 322 g/mol. The molecule has 0 radical (unpaired) electrons. The Labute approximate surface area is 144 Å². The van der Waals surface area contributed by atoms with Crippen LogP contribution in [0.3, 0.4) is 0 Å². The number of rotatable bonds is 4. The average molecular weight is 341 g/mol. The Hall–Kier alpha value is -2.28. The van der Waals surface area contributed by atoms with Gasteiger partial charge < -0.3 is 9.47 Å². The summed E-state index contributed by atoms with van der Waals surface area (Å²) in [4.78, 5) is 19.0.